The second kappa shape index (κ2) is 3.47. The maximum atomic E-state index is 10.5. The molecule has 0 atom stereocenters. The Balaban J connectivity index is 3.39. The van der Waals surface area contributed by atoms with Crippen molar-refractivity contribution in [2.45, 2.75) is 19.7 Å². The van der Waals surface area contributed by atoms with Crippen LogP contribution in [-0.2, 0) is 4.79 Å². The van der Waals surface area contributed by atoms with E-state index in [1.807, 2.05) is 13.8 Å². The molecule has 0 fully saturated rings. The van der Waals surface area contributed by atoms with Crippen LogP contribution in [0.4, 0.5) is 0 Å². The fourth-order valence-corrected chi connectivity index (χ4v) is 0.486. The van der Waals surface area contributed by atoms with Gasteiger partial charge in [0, 0.05) is 0 Å². The number of hydrogen-bond acceptors (Lipinski definition) is 1. The molecule has 0 saturated carbocycles. The van der Waals surface area contributed by atoms with Gasteiger partial charge in [-0.2, -0.15) is 0 Å². The standard InChI is InChI=1S/C6H11BO/c1-4-6(8)7-5(2)3/h4-5,7H,1H2,2-3H3. The van der Waals surface area contributed by atoms with Gasteiger partial charge < -0.3 is 4.79 Å². The Labute approximate surface area is 51.0 Å². The number of hydrogen-bond donors (Lipinski definition) is 0. The predicted molar refractivity (Wildman–Crippen MR) is 37.5 cm³/mol. The molecular formula is C6H11BO. The van der Waals surface area contributed by atoms with Gasteiger partial charge in [0.2, 0.25) is 7.28 Å². The van der Waals surface area contributed by atoms with Crippen molar-refractivity contribution in [2.24, 2.45) is 0 Å². The van der Waals surface area contributed by atoms with Gasteiger partial charge in [-0.05, 0) is 6.08 Å². The molecule has 0 saturated heterocycles. The lowest BCUT2D eigenvalue weighted by Crippen LogP contribution is -2.07. The summed E-state index contributed by atoms with van der Waals surface area (Å²) in [5, 5.41) is 0. The third-order valence-corrected chi connectivity index (χ3v) is 0.837. The van der Waals surface area contributed by atoms with Crippen LogP contribution in [0.25, 0.3) is 0 Å². The second-order valence-corrected chi connectivity index (χ2v) is 2.27. The van der Waals surface area contributed by atoms with Gasteiger partial charge in [0.1, 0.15) is 5.68 Å². The summed E-state index contributed by atoms with van der Waals surface area (Å²) >= 11 is 0. The van der Waals surface area contributed by atoms with Gasteiger partial charge >= 0.3 is 0 Å². The van der Waals surface area contributed by atoms with Crippen molar-refractivity contribution in [1.29, 1.82) is 0 Å². The highest BCUT2D eigenvalue weighted by Crippen LogP contribution is 1.96. The average molecular weight is 110 g/mol. The van der Waals surface area contributed by atoms with Crippen LogP contribution in [0.1, 0.15) is 13.8 Å². The van der Waals surface area contributed by atoms with Crippen LogP contribution in [0.5, 0.6) is 0 Å². The quantitative estimate of drug-likeness (QED) is 0.390. The zero-order valence-corrected chi connectivity index (χ0v) is 5.48. The highest BCUT2D eigenvalue weighted by Gasteiger charge is 2.01. The lowest BCUT2D eigenvalue weighted by Gasteiger charge is -1.93. The second-order valence-electron chi connectivity index (χ2n) is 2.27. The molecule has 0 spiro atoms. The van der Waals surface area contributed by atoms with Crippen LogP contribution < -0.4 is 0 Å². The normalized spacial score (nSPS) is 8.88. The van der Waals surface area contributed by atoms with Gasteiger partial charge in [-0.25, -0.2) is 0 Å². The lowest BCUT2D eigenvalue weighted by molar-refractivity contribution is -0.108. The van der Waals surface area contributed by atoms with Crippen molar-refractivity contribution in [1.82, 2.24) is 0 Å². The molecule has 0 aliphatic carbocycles. The molecule has 0 heterocycles. The summed E-state index contributed by atoms with van der Waals surface area (Å²) in [5.41, 5.74) is 0.139. The van der Waals surface area contributed by atoms with Crippen molar-refractivity contribution in [3.05, 3.63) is 12.7 Å². The summed E-state index contributed by atoms with van der Waals surface area (Å²) in [7, 11) is 0.628. The molecular weight excluding hydrogens is 98.9 g/mol. The van der Waals surface area contributed by atoms with Crippen molar-refractivity contribution < 1.29 is 4.79 Å². The monoisotopic (exact) mass is 110 g/mol. The largest absolute Gasteiger partial charge is 0.307 e. The zero-order valence-electron chi connectivity index (χ0n) is 5.48. The van der Waals surface area contributed by atoms with E-state index in [4.69, 9.17) is 0 Å². The Hall–Kier alpha value is -0.525. The van der Waals surface area contributed by atoms with Gasteiger partial charge in [0.25, 0.3) is 0 Å². The molecule has 0 aromatic carbocycles. The Bertz CT molecular complexity index is 96.7. The Morgan fingerprint density at radius 3 is 2.38 bits per heavy atom. The number of allylic oxidation sites excluding steroid dienone is 1. The van der Waals surface area contributed by atoms with Gasteiger partial charge in [-0.3, -0.25) is 0 Å². The van der Waals surface area contributed by atoms with Crippen LogP contribution >= 0.6 is 0 Å². The minimum atomic E-state index is 0.139. The third kappa shape index (κ3) is 3.66. The molecule has 1 nitrogen and oxygen atoms in total. The van der Waals surface area contributed by atoms with Crippen LogP contribution in [-0.4, -0.2) is 13.0 Å². The summed E-state index contributed by atoms with van der Waals surface area (Å²) in [5.74, 6) is 0.459. The third-order valence-electron chi connectivity index (χ3n) is 0.837. The van der Waals surface area contributed by atoms with Crippen LogP contribution in [0.15, 0.2) is 12.7 Å². The molecule has 0 amide bonds. The van der Waals surface area contributed by atoms with E-state index in [1.165, 1.54) is 6.08 Å². The first-order chi connectivity index (χ1) is 3.66. The predicted octanol–water partition coefficient (Wildman–Crippen LogP) is 0.964. The first-order valence-electron chi connectivity index (χ1n) is 2.82. The summed E-state index contributed by atoms with van der Waals surface area (Å²) in [6.07, 6.45) is 1.38. The zero-order chi connectivity index (χ0) is 6.57. The van der Waals surface area contributed by atoms with E-state index in [1.54, 1.807) is 0 Å². The van der Waals surface area contributed by atoms with Gasteiger partial charge in [0.15, 0.2) is 0 Å². The van der Waals surface area contributed by atoms with E-state index in [0.717, 1.165) is 0 Å². The van der Waals surface area contributed by atoms with Gasteiger partial charge in [-0.1, -0.05) is 26.2 Å². The van der Waals surface area contributed by atoms with Crippen LogP contribution in [0, 0.1) is 0 Å². The number of rotatable bonds is 3. The molecule has 0 unspecified atom stereocenters. The summed E-state index contributed by atoms with van der Waals surface area (Å²) < 4.78 is 0. The molecule has 0 aromatic rings. The maximum absolute atomic E-state index is 10.5. The van der Waals surface area contributed by atoms with E-state index in [9.17, 15) is 4.79 Å². The van der Waals surface area contributed by atoms with Gasteiger partial charge in [-0.15, -0.1) is 0 Å². The van der Waals surface area contributed by atoms with E-state index in [-0.39, 0.29) is 5.68 Å². The van der Waals surface area contributed by atoms with Gasteiger partial charge in [0.05, 0.1) is 0 Å². The average Bonchev–Trinajstić information content (AvgIpc) is 1.65. The maximum Gasteiger partial charge on any atom is 0.213 e. The molecule has 2 heteroatoms. The van der Waals surface area contributed by atoms with E-state index in [0.29, 0.717) is 13.1 Å². The Morgan fingerprint density at radius 1 is 1.75 bits per heavy atom. The molecule has 0 aromatic heterocycles. The molecule has 8 heavy (non-hydrogen) atoms. The minimum absolute atomic E-state index is 0.139. The van der Waals surface area contributed by atoms with Crippen molar-refractivity contribution in [3.63, 3.8) is 0 Å². The first-order valence-corrected chi connectivity index (χ1v) is 2.82. The first kappa shape index (κ1) is 7.47. The minimum Gasteiger partial charge on any atom is -0.307 e. The highest BCUT2D eigenvalue weighted by molar-refractivity contribution is 6.77. The fraction of sp³-hybridized carbons (Fsp3) is 0.500. The van der Waals surface area contributed by atoms with E-state index < -0.39 is 0 Å². The van der Waals surface area contributed by atoms with Crippen LogP contribution in [0.3, 0.4) is 0 Å². The number of carbonyl (C=O) groups excluding carboxylic acids is 1. The molecule has 0 aliphatic rings. The lowest BCUT2D eigenvalue weighted by atomic mass is 9.63. The molecule has 0 N–H and O–H groups in total. The molecule has 0 radical (unpaired) electrons. The van der Waals surface area contributed by atoms with Crippen molar-refractivity contribution in [3.8, 4) is 0 Å². The fourth-order valence-electron chi connectivity index (χ4n) is 0.486. The molecule has 44 valence electrons. The smallest absolute Gasteiger partial charge is 0.213 e. The van der Waals surface area contributed by atoms with Crippen molar-refractivity contribution >= 4 is 13.0 Å². The van der Waals surface area contributed by atoms with E-state index in [2.05, 4.69) is 6.58 Å². The summed E-state index contributed by atoms with van der Waals surface area (Å²) in [6.45, 7) is 7.39. The summed E-state index contributed by atoms with van der Waals surface area (Å²) in [4.78, 5) is 10.5. The Morgan fingerprint density at radius 2 is 2.25 bits per heavy atom. The highest BCUT2D eigenvalue weighted by atomic mass is 16.1. The SMILES string of the molecule is C=CC(=O)BC(C)C. The Kier molecular flexibility index (Phi) is 3.25. The molecule has 0 aliphatic heterocycles. The van der Waals surface area contributed by atoms with Crippen LogP contribution in [0.2, 0.25) is 5.82 Å². The van der Waals surface area contributed by atoms with Crippen molar-refractivity contribution in [2.75, 3.05) is 0 Å². The molecule has 0 bridgehead atoms. The summed E-state index contributed by atoms with van der Waals surface area (Å²) in [6, 6.07) is 0. The van der Waals surface area contributed by atoms with E-state index >= 15 is 0 Å². The molecule has 0 rings (SSSR count). The number of carbonyl (C=O) groups is 1. The topological polar surface area (TPSA) is 17.1 Å².